The van der Waals surface area contributed by atoms with Crippen LogP contribution in [0.4, 0.5) is 0 Å². The van der Waals surface area contributed by atoms with Gasteiger partial charge in [-0.05, 0) is 46.7 Å². The molecule has 0 atom stereocenters. The van der Waals surface area contributed by atoms with Gasteiger partial charge in [-0.3, -0.25) is 0 Å². The molecule has 3 rings (SSSR count). The Balaban J connectivity index is 2.11. The van der Waals surface area contributed by atoms with Crippen molar-refractivity contribution in [1.82, 2.24) is 15.1 Å². The van der Waals surface area contributed by atoms with Crippen LogP contribution in [0.3, 0.4) is 0 Å². The standard InChI is InChI=1S/C15H14BrN3/c1-17-9-11-6-7-15(13(16)8-11)19-14-5-3-2-4-12(14)10-18-19/h2-8,10,17H,9H2,1H3. The summed E-state index contributed by atoms with van der Waals surface area (Å²) in [5.74, 6) is 0. The van der Waals surface area contributed by atoms with Gasteiger partial charge in [0.25, 0.3) is 0 Å². The van der Waals surface area contributed by atoms with E-state index in [1.54, 1.807) is 0 Å². The summed E-state index contributed by atoms with van der Waals surface area (Å²) in [5, 5.41) is 8.77. The van der Waals surface area contributed by atoms with Gasteiger partial charge in [0.05, 0.1) is 17.4 Å². The van der Waals surface area contributed by atoms with Crippen LogP contribution < -0.4 is 5.32 Å². The topological polar surface area (TPSA) is 29.9 Å². The lowest BCUT2D eigenvalue weighted by Gasteiger charge is -2.08. The molecule has 0 aliphatic carbocycles. The molecule has 1 aromatic heterocycles. The maximum atomic E-state index is 4.47. The predicted molar refractivity (Wildman–Crippen MR) is 81.5 cm³/mol. The van der Waals surface area contributed by atoms with Crippen LogP contribution in [-0.2, 0) is 6.54 Å². The molecule has 1 heterocycles. The van der Waals surface area contributed by atoms with Gasteiger partial charge < -0.3 is 5.32 Å². The minimum Gasteiger partial charge on any atom is -0.316 e. The molecule has 96 valence electrons. The minimum absolute atomic E-state index is 0.860. The molecule has 19 heavy (non-hydrogen) atoms. The van der Waals surface area contributed by atoms with Crippen molar-refractivity contribution in [3.8, 4) is 5.69 Å². The molecular formula is C15H14BrN3. The number of benzene rings is 2. The fourth-order valence-electron chi connectivity index (χ4n) is 2.20. The largest absolute Gasteiger partial charge is 0.316 e. The molecule has 0 saturated carbocycles. The van der Waals surface area contributed by atoms with E-state index >= 15 is 0 Å². The first-order chi connectivity index (χ1) is 9.29. The van der Waals surface area contributed by atoms with E-state index in [-0.39, 0.29) is 0 Å². The monoisotopic (exact) mass is 315 g/mol. The van der Waals surface area contributed by atoms with Crippen LogP contribution >= 0.6 is 15.9 Å². The normalized spacial score (nSPS) is 11.1. The van der Waals surface area contributed by atoms with Gasteiger partial charge in [0.15, 0.2) is 0 Å². The Morgan fingerprint density at radius 1 is 1.21 bits per heavy atom. The van der Waals surface area contributed by atoms with Crippen LogP contribution in [0.5, 0.6) is 0 Å². The SMILES string of the molecule is CNCc1ccc(-n2ncc3ccccc32)c(Br)c1. The number of para-hydroxylation sites is 1. The Bertz CT molecular complexity index is 718. The molecule has 3 nitrogen and oxygen atoms in total. The molecule has 2 aromatic carbocycles. The predicted octanol–water partition coefficient (Wildman–Crippen LogP) is 3.51. The lowest BCUT2D eigenvalue weighted by Crippen LogP contribution is -2.05. The highest BCUT2D eigenvalue weighted by Crippen LogP contribution is 2.25. The molecule has 1 N–H and O–H groups in total. The number of nitrogens with zero attached hydrogens (tertiary/aromatic N) is 2. The lowest BCUT2D eigenvalue weighted by atomic mass is 10.2. The van der Waals surface area contributed by atoms with Crippen molar-refractivity contribution < 1.29 is 0 Å². The van der Waals surface area contributed by atoms with Crippen molar-refractivity contribution in [2.75, 3.05) is 7.05 Å². The Labute approximate surface area is 120 Å². The van der Waals surface area contributed by atoms with Gasteiger partial charge in [-0.15, -0.1) is 0 Å². The maximum Gasteiger partial charge on any atom is 0.0795 e. The average molecular weight is 316 g/mol. The lowest BCUT2D eigenvalue weighted by molar-refractivity contribution is 0.815. The fraction of sp³-hybridized carbons (Fsp3) is 0.133. The van der Waals surface area contributed by atoms with Crippen LogP contribution in [0.25, 0.3) is 16.6 Å². The summed E-state index contributed by atoms with van der Waals surface area (Å²) >= 11 is 3.64. The van der Waals surface area contributed by atoms with E-state index in [2.05, 4.69) is 56.7 Å². The molecule has 0 unspecified atom stereocenters. The second-order valence-corrected chi connectivity index (χ2v) is 5.29. The zero-order chi connectivity index (χ0) is 13.2. The first kappa shape index (κ1) is 12.4. The Hall–Kier alpha value is -1.65. The summed E-state index contributed by atoms with van der Waals surface area (Å²) in [4.78, 5) is 0. The van der Waals surface area contributed by atoms with E-state index in [0.29, 0.717) is 0 Å². The Morgan fingerprint density at radius 2 is 2.05 bits per heavy atom. The molecule has 0 radical (unpaired) electrons. The third kappa shape index (κ3) is 2.29. The molecule has 0 aliphatic heterocycles. The molecule has 3 aromatic rings. The van der Waals surface area contributed by atoms with Crippen LogP contribution in [0.1, 0.15) is 5.56 Å². The number of aromatic nitrogens is 2. The summed E-state index contributed by atoms with van der Waals surface area (Å²) in [6.07, 6.45) is 1.89. The summed E-state index contributed by atoms with van der Waals surface area (Å²) in [6, 6.07) is 14.5. The van der Waals surface area contributed by atoms with E-state index in [4.69, 9.17) is 0 Å². The molecule has 0 saturated heterocycles. The first-order valence-corrected chi connectivity index (χ1v) is 6.95. The number of hydrogen-bond acceptors (Lipinski definition) is 2. The third-order valence-corrected chi connectivity index (χ3v) is 3.73. The zero-order valence-electron chi connectivity index (χ0n) is 10.6. The summed E-state index contributed by atoms with van der Waals surface area (Å²) in [5.41, 5.74) is 3.42. The second-order valence-electron chi connectivity index (χ2n) is 4.43. The van der Waals surface area contributed by atoms with Crippen molar-refractivity contribution >= 4 is 26.8 Å². The molecule has 4 heteroatoms. The molecule has 0 fully saturated rings. The van der Waals surface area contributed by atoms with E-state index in [1.807, 2.05) is 30.1 Å². The highest BCUT2D eigenvalue weighted by atomic mass is 79.9. The van der Waals surface area contributed by atoms with Crippen molar-refractivity contribution in [3.63, 3.8) is 0 Å². The smallest absolute Gasteiger partial charge is 0.0795 e. The van der Waals surface area contributed by atoms with E-state index in [1.165, 1.54) is 5.56 Å². The second kappa shape index (κ2) is 5.15. The number of fused-ring (bicyclic) bond motifs is 1. The highest BCUT2D eigenvalue weighted by Gasteiger charge is 2.08. The third-order valence-electron chi connectivity index (χ3n) is 3.10. The number of halogens is 1. The molecule has 0 amide bonds. The summed E-state index contributed by atoms with van der Waals surface area (Å²) < 4.78 is 3.01. The van der Waals surface area contributed by atoms with Crippen LogP contribution in [0.2, 0.25) is 0 Å². The van der Waals surface area contributed by atoms with Gasteiger partial charge in [-0.1, -0.05) is 24.3 Å². The van der Waals surface area contributed by atoms with Gasteiger partial charge in [-0.25, -0.2) is 4.68 Å². The van der Waals surface area contributed by atoms with Gasteiger partial charge >= 0.3 is 0 Å². The summed E-state index contributed by atoms with van der Waals surface area (Å²) in [6.45, 7) is 0.860. The van der Waals surface area contributed by atoms with Crippen LogP contribution in [-0.4, -0.2) is 16.8 Å². The Morgan fingerprint density at radius 3 is 2.84 bits per heavy atom. The maximum absolute atomic E-state index is 4.47. The number of hydrogen-bond donors (Lipinski definition) is 1. The van der Waals surface area contributed by atoms with Crippen molar-refractivity contribution in [1.29, 1.82) is 0 Å². The van der Waals surface area contributed by atoms with E-state index in [0.717, 1.165) is 27.6 Å². The fourth-order valence-corrected chi connectivity index (χ4v) is 2.79. The van der Waals surface area contributed by atoms with E-state index < -0.39 is 0 Å². The molecule has 0 spiro atoms. The molecule has 0 bridgehead atoms. The number of rotatable bonds is 3. The average Bonchev–Trinajstić information content (AvgIpc) is 2.83. The first-order valence-electron chi connectivity index (χ1n) is 6.16. The van der Waals surface area contributed by atoms with E-state index in [9.17, 15) is 0 Å². The zero-order valence-corrected chi connectivity index (χ0v) is 12.2. The quantitative estimate of drug-likeness (QED) is 0.801. The molecular weight excluding hydrogens is 302 g/mol. The highest BCUT2D eigenvalue weighted by molar-refractivity contribution is 9.10. The van der Waals surface area contributed by atoms with Crippen molar-refractivity contribution in [3.05, 3.63) is 58.7 Å². The molecule has 0 aliphatic rings. The minimum atomic E-state index is 0.860. The van der Waals surface area contributed by atoms with Crippen molar-refractivity contribution in [2.24, 2.45) is 0 Å². The van der Waals surface area contributed by atoms with Crippen LogP contribution in [0.15, 0.2) is 53.1 Å². The van der Waals surface area contributed by atoms with Crippen LogP contribution in [0, 0.1) is 0 Å². The van der Waals surface area contributed by atoms with Gasteiger partial charge in [0.1, 0.15) is 0 Å². The summed E-state index contributed by atoms with van der Waals surface area (Å²) in [7, 11) is 1.95. The van der Waals surface area contributed by atoms with Gasteiger partial charge in [-0.2, -0.15) is 5.10 Å². The number of nitrogens with one attached hydrogen (secondary N) is 1. The van der Waals surface area contributed by atoms with Gasteiger partial charge in [0.2, 0.25) is 0 Å². The van der Waals surface area contributed by atoms with Gasteiger partial charge in [0, 0.05) is 16.4 Å². The Kier molecular flexibility index (Phi) is 3.36. The van der Waals surface area contributed by atoms with Crippen molar-refractivity contribution in [2.45, 2.75) is 6.54 Å².